The highest BCUT2D eigenvalue weighted by Gasteiger charge is 2.31. The van der Waals surface area contributed by atoms with Crippen molar-refractivity contribution in [3.05, 3.63) is 42.2 Å². The Balaban J connectivity index is 2.36. The van der Waals surface area contributed by atoms with Crippen molar-refractivity contribution in [2.24, 2.45) is 0 Å². The van der Waals surface area contributed by atoms with E-state index in [0.717, 1.165) is 16.5 Å². The molecule has 0 spiro atoms. The van der Waals surface area contributed by atoms with Crippen LogP contribution in [0.3, 0.4) is 0 Å². The molecule has 0 saturated heterocycles. The third kappa shape index (κ3) is 3.02. The second kappa shape index (κ2) is 4.99. The Hall–Kier alpha value is -0.540. The van der Waals surface area contributed by atoms with Crippen molar-refractivity contribution in [3.8, 4) is 0 Å². The number of fused-ring (bicyclic) bond motifs is 1. The van der Waals surface area contributed by atoms with Crippen molar-refractivity contribution in [1.29, 1.82) is 0 Å². The number of hydrogen-bond acceptors (Lipinski definition) is 2. The SMILES string of the molecule is OC(Cc1nccc2ccccc12)C(Cl)(Cl)Cl. The first kappa shape index (κ1) is 12.9. The summed E-state index contributed by atoms with van der Waals surface area (Å²) >= 11 is 16.9. The maximum absolute atomic E-state index is 9.76. The highest BCUT2D eigenvalue weighted by molar-refractivity contribution is 6.68. The van der Waals surface area contributed by atoms with Gasteiger partial charge in [-0.1, -0.05) is 59.1 Å². The number of halogens is 3. The lowest BCUT2D eigenvalue weighted by molar-refractivity contribution is 0.178. The Kier molecular flexibility index (Phi) is 3.79. The fraction of sp³-hybridized carbons (Fsp3) is 0.250. The van der Waals surface area contributed by atoms with E-state index in [4.69, 9.17) is 34.8 Å². The molecule has 2 rings (SSSR count). The van der Waals surface area contributed by atoms with Crippen molar-refractivity contribution < 1.29 is 5.11 Å². The highest BCUT2D eigenvalue weighted by atomic mass is 35.6. The number of alkyl halides is 3. The first-order valence-corrected chi connectivity index (χ1v) is 6.19. The van der Waals surface area contributed by atoms with Crippen LogP contribution in [-0.4, -0.2) is 20.0 Å². The van der Waals surface area contributed by atoms with E-state index in [1.54, 1.807) is 6.20 Å². The zero-order chi connectivity index (χ0) is 12.5. The predicted octanol–water partition coefficient (Wildman–Crippen LogP) is 3.51. The normalized spacial score (nSPS) is 13.9. The van der Waals surface area contributed by atoms with Crippen molar-refractivity contribution in [1.82, 2.24) is 4.98 Å². The van der Waals surface area contributed by atoms with E-state index in [0.29, 0.717) is 0 Å². The minimum atomic E-state index is -1.70. The maximum Gasteiger partial charge on any atom is 0.216 e. The van der Waals surface area contributed by atoms with E-state index in [2.05, 4.69) is 4.98 Å². The number of rotatable bonds is 2. The lowest BCUT2D eigenvalue weighted by Gasteiger charge is -2.18. The van der Waals surface area contributed by atoms with E-state index < -0.39 is 9.90 Å². The molecule has 0 fully saturated rings. The van der Waals surface area contributed by atoms with Crippen molar-refractivity contribution in [3.63, 3.8) is 0 Å². The molecule has 17 heavy (non-hydrogen) atoms. The fourth-order valence-corrected chi connectivity index (χ4v) is 1.88. The molecule has 1 aromatic carbocycles. The lowest BCUT2D eigenvalue weighted by Crippen LogP contribution is -2.27. The van der Waals surface area contributed by atoms with E-state index in [9.17, 15) is 5.11 Å². The summed E-state index contributed by atoms with van der Waals surface area (Å²) < 4.78 is -1.70. The molecule has 0 aliphatic carbocycles. The van der Waals surface area contributed by atoms with E-state index in [1.807, 2.05) is 30.3 Å². The topological polar surface area (TPSA) is 33.1 Å². The molecule has 1 unspecified atom stereocenters. The molecule has 1 N–H and O–H groups in total. The van der Waals surface area contributed by atoms with Gasteiger partial charge in [-0.3, -0.25) is 4.98 Å². The van der Waals surface area contributed by atoms with Crippen molar-refractivity contribution in [2.75, 3.05) is 0 Å². The lowest BCUT2D eigenvalue weighted by atomic mass is 10.1. The Labute approximate surface area is 114 Å². The number of pyridine rings is 1. The Morgan fingerprint density at radius 1 is 1.18 bits per heavy atom. The zero-order valence-electron chi connectivity index (χ0n) is 8.78. The maximum atomic E-state index is 9.76. The summed E-state index contributed by atoms with van der Waals surface area (Å²) in [6.45, 7) is 0. The third-order valence-electron chi connectivity index (χ3n) is 2.52. The second-order valence-electron chi connectivity index (χ2n) is 3.74. The van der Waals surface area contributed by atoms with Gasteiger partial charge < -0.3 is 5.11 Å². The molecular formula is C12H10Cl3NO. The number of aliphatic hydroxyl groups is 1. The fourth-order valence-electron chi connectivity index (χ4n) is 1.64. The number of benzene rings is 1. The largest absolute Gasteiger partial charge is 0.388 e. The minimum absolute atomic E-state index is 0.206. The number of aromatic nitrogens is 1. The van der Waals surface area contributed by atoms with Crippen LogP contribution in [-0.2, 0) is 6.42 Å². The summed E-state index contributed by atoms with van der Waals surface area (Å²) in [6, 6.07) is 9.66. The molecule has 90 valence electrons. The average molecular weight is 291 g/mol. The zero-order valence-corrected chi connectivity index (χ0v) is 11.0. The summed E-state index contributed by atoms with van der Waals surface area (Å²) in [5.41, 5.74) is 0.724. The summed E-state index contributed by atoms with van der Waals surface area (Å²) in [4.78, 5) is 4.22. The summed E-state index contributed by atoms with van der Waals surface area (Å²) in [6.07, 6.45) is 0.812. The molecular weight excluding hydrogens is 280 g/mol. The number of aliphatic hydroxyl groups excluding tert-OH is 1. The van der Waals surface area contributed by atoms with Gasteiger partial charge in [0.05, 0.1) is 5.69 Å². The van der Waals surface area contributed by atoms with Crippen LogP contribution < -0.4 is 0 Å². The quantitative estimate of drug-likeness (QED) is 0.859. The van der Waals surface area contributed by atoms with Crippen molar-refractivity contribution >= 4 is 45.6 Å². The van der Waals surface area contributed by atoms with Gasteiger partial charge >= 0.3 is 0 Å². The van der Waals surface area contributed by atoms with E-state index in [-0.39, 0.29) is 6.42 Å². The molecule has 0 aliphatic heterocycles. The highest BCUT2D eigenvalue weighted by Crippen LogP contribution is 2.32. The molecule has 0 aliphatic rings. The summed E-state index contributed by atoms with van der Waals surface area (Å²) in [7, 11) is 0. The van der Waals surface area contributed by atoms with Gasteiger partial charge in [0.1, 0.15) is 6.10 Å². The van der Waals surface area contributed by atoms with Gasteiger partial charge in [-0.05, 0) is 11.5 Å². The van der Waals surface area contributed by atoms with Gasteiger partial charge in [0.2, 0.25) is 3.79 Å². The number of nitrogens with zero attached hydrogens (tertiary/aromatic N) is 1. The molecule has 0 saturated carbocycles. The van der Waals surface area contributed by atoms with E-state index in [1.165, 1.54) is 0 Å². The van der Waals surface area contributed by atoms with E-state index >= 15 is 0 Å². The Morgan fingerprint density at radius 2 is 1.88 bits per heavy atom. The van der Waals surface area contributed by atoms with Gasteiger partial charge in [0, 0.05) is 18.0 Å². The van der Waals surface area contributed by atoms with Gasteiger partial charge in [-0.15, -0.1) is 0 Å². The molecule has 2 aromatic rings. The van der Waals surface area contributed by atoms with Gasteiger partial charge in [-0.2, -0.15) is 0 Å². The van der Waals surface area contributed by atoms with Crippen LogP contribution in [0.1, 0.15) is 5.69 Å². The Morgan fingerprint density at radius 3 is 2.59 bits per heavy atom. The molecule has 0 amide bonds. The van der Waals surface area contributed by atoms with Crippen LogP contribution in [0, 0.1) is 0 Å². The molecule has 1 atom stereocenters. The van der Waals surface area contributed by atoms with Crippen LogP contribution in [0.15, 0.2) is 36.5 Å². The van der Waals surface area contributed by atoms with Crippen LogP contribution in [0.5, 0.6) is 0 Å². The molecule has 0 bridgehead atoms. The molecule has 2 nitrogen and oxygen atoms in total. The predicted molar refractivity (Wildman–Crippen MR) is 71.7 cm³/mol. The van der Waals surface area contributed by atoms with Gasteiger partial charge in [0.25, 0.3) is 0 Å². The molecule has 1 heterocycles. The average Bonchev–Trinajstić information content (AvgIpc) is 2.28. The molecule has 0 radical (unpaired) electrons. The number of hydrogen-bond donors (Lipinski definition) is 1. The first-order valence-electron chi connectivity index (χ1n) is 5.06. The smallest absolute Gasteiger partial charge is 0.216 e. The summed E-state index contributed by atoms with van der Waals surface area (Å²) in [5, 5.41) is 11.8. The molecule has 1 aromatic heterocycles. The van der Waals surface area contributed by atoms with Gasteiger partial charge in [0.15, 0.2) is 0 Å². The van der Waals surface area contributed by atoms with Crippen LogP contribution >= 0.6 is 34.8 Å². The standard InChI is InChI=1S/C12H10Cl3NO/c13-12(14,15)11(17)7-10-9-4-2-1-3-8(9)5-6-16-10/h1-6,11,17H,7H2. The van der Waals surface area contributed by atoms with Crippen LogP contribution in [0.4, 0.5) is 0 Å². The summed E-state index contributed by atoms with van der Waals surface area (Å²) in [5.74, 6) is 0. The van der Waals surface area contributed by atoms with Crippen LogP contribution in [0.25, 0.3) is 10.8 Å². The molecule has 5 heteroatoms. The van der Waals surface area contributed by atoms with Gasteiger partial charge in [-0.25, -0.2) is 0 Å². The first-order chi connectivity index (χ1) is 7.98. The Bertz CT molecular complexity index is 519. The van der Waals surface area contributed by atoms with Crippen LogP contribution in [0.2, 0.25) is 0 Å². The third-order valence-corrected chi connectivity index (χ3v) is 3.28. The monoisotopic (exact) mass is 289 g/mol. The second-order valence-corrected chi connectivity index (χ2v) is 6.11. The van der Waals surface area contributed by atoms with Crippen molar-refractivity contribution in [2.45, 2.75) is 16.3 Å². The minimum Gasteiger partial charge on any atom is -0.388 e.